The van der Waals surface area contributed by atoms with E-state index in [2.05, 4.69) is 38.3 Å². The van der Waals surface area contributed by atoms with E-state index in [1.54, 1.807) is 4.80 Å². The van der Waals surface area contributed by atoms with E-state index in [0.29, 0.717) is 6.54 Å². The van der Waals surface area contributed by atoms with E-state index in [-0.39, 0.29) is 5.91 Å². The number of hydrogen-bond acceptors (Lipinski definition) is 5. The number of rotatable bonds is 7. The van der Waals surface area contributed by atoms with Gasteiger partial charge in [-0.05, 0) is 30.2 Å². The molecule has 1 aromatic heterocycles. The summed E-state index contributed by atoms with van der Waals surface area (Å²) in [5.74, 6) is 0.0511. The Labute approximate surface area is 177 Å². The summed E-state index contributed by atoms with van der Waals surface area (Å²) in [6, 6.07) is 17.9. The third-order valence-corrected chi connectivity index (χ3v) is 5.42. The SMILES string of the molecule is CCc1ccccc1NC(=O)CN1CCN(Cc2cnn(-c3ccccc3)n2)CC1. The van der Waals surface area contributed by atoms with Gasteiger partial charge in [-0.1, -0.05) is 43.3 Å². The first-order valence-electron chi connectivity index (χ1n) is 10.5. The van der Waals surface area contributed by atoms with E-state index >= 15 is 0 Å². The lowest BCUT2D eigenvalue weighted by Crippen LogP contribution is -2.48. The lowest BCUT2D eigenvalue weighted by atomic mass is 10.1. The molecule has 2 aromatic carbocycles. The van der Waals surface area contributed by atoms with Crippen molar-refractivity contribution in [2.24, 2.45) is 0 Å². The highest BCUT2D eigenvalue weighted by Gasteiger charge is 2.20. The second-order valence-corrected chi connectivity index (χ2v) is 7.57. The Morgan fingerprint density at radius 1 is 0.967 bits per heavy atom. The minimum Gasteiger partial charge on any atom is -0.325 e. The van der Waals surface area contributed by atoms with Gasteiger partial charge in [-0.25, -0.2) is 0 Å². The molecule has 4 rings (SSSR count). The molecular weight excluding hydrogens is 376 g/mol. The number of piperazine rings is 1. The summed E-state index contributed by atoms with van der Waals surface area (Å²) >= 11 is 0. The van der Waals surface area contributed by atoms with Gasteiger partial charge in [0.05, 0.1) is 24.1 Å². The molecule has 156 valence electrons. The maximum Gasteiger partial charge on any atom is 0.238 e. The van der Waals surface area contributed by atoms with E-state index in [1.165, 1.54) is 5.56 Å². The quantitative estimate of drug-likeness (QED) is 0.656. The van der Waals surface area contributed by atoms with E-state index in [0.717, 1.165) is 56.2 Å². The van der Waals surface area contributed by atoms with Crippen molar-refractivity contribution >= 4 is 11.6 Å². The number of hydrogen-bond donors (Lipinski definition) is 1. The predicted octanol–water partition coefficient (Wildman–Crippen LogP) is 2.59. The molecule has 1 N–H and O–H groups in total. The van der Waals surface area contributed by atoms with Crippen LogP contribution in [0.1, 0.15) is 18.2 Å². The normalized spacial score (nSPS) is 15.2. The fourth-order valence-corrected chi connectivity index (χ4v) is 3.73. The Kier molecular flexibility index (Phi) is 6.51. The van der Waals surface area contributed by atoms with Crippen molar-refractivity contribution in [2.45, 2.75) is 19.9 Å². The molecule has 3 aromatic rings. The number of aromatic nitrogens is 3. The summed E-state index contributed by atoms with van der Waals surface area (Å²) in [4.78, 5) is 18.7. The molecule has 0 radical (unpaired) electrons. The van der Waals surface area contributed by atoms with Crippen LogP contribution < -0.4 is 5.32 Å². The number of amides is 1. The van der Waals surface area contributed by atoms with Crippen molar-refractivity contribution in [1.29, 1.82) is 0 Å². The van der Waals surface area contributed by atoms with Gasteiger partial charge >= 0.3 is 0 Å². The third kappa shape index (κ3) is 5.11. The zero-order valence-corrected chi connectivity index (χ0v) is 17.4. The lowest BCUT2D eigenvalue weighted by Gasteiger charge is -2.33. The molecule has 1 aliphatic rings. The molecule has 0 spiro atoms. The zero-order chi connectivity index (χ0) is 20.8. The summed E-state index contributed by atoms with van der Waals surface area (Å²) in [7, 11) is 0. The van der Waals surface area contributed by atoms with Gasteiger partial charge in [0, 0.05) is 38.4 Å². The first kappa shape index (κ1) is 20.3. The maximum atomic E-state index is 12.5. The van der Waals surface area contributed by atoms with Crippen LogP contribution in [0.5, 0.6) is 0 Å². The van der Waals surface area contributed by atoms with Gasteiger partial charge in [0.15, 0.2) is 0 Å². The van der Waals surface area contributed by atoms with E-state index < -0.39 is 0 Å². The average molecular weight is 405 g/mol. The van der Waals surface area contributed by atoms with Crippen molar-refractivity contribution < 1.29 is 4.79 Å². The number of anilines is 1. The molecule has 0 saturated carbocycles. The van der Waals surface area contributed by atoms with Crippen LogP contribution in [0.4, 0.5) is 5.69 Å². The van der Waals surface area contributed by atoms with Gasteiger partial charge in [0.2, 0.25) is 5.91 Å². The molecule has 0 atom stereocenters. The molecule has 0 aliphatic carbocycles. The molecule has 0 unspecified atom stereocenters. The number of para-hydroxylation sites is 2. The number of aryl methyl sites for hydroxylation is 1. The van der Waals surface area contributed by atoms with Gasteiger partial charge in [0.25, 0.3) is 0 Å². The van der Waals surface area contributed by atoms with Gasteiger partial charge < -0.3 is 5.32 Å². The molecule has 0 bridgehead atoms. The van der Waals surface area contributed by atoms with Crippen molar-refractivity contribution in [2.75, 3.05) is 38.0 Å². The first-order chi connectivity index (χ1) is 14.7. The van der Waals surface area contributed by atoms with Gasteiger partial charge in [0.1, 0.15) is 0 Å². The molecular formula is C23H28N6O. The summed E-state index contributed by atoms with van der Waals surface area (Å²) in [6.45, 7) is 6.87. The molecule has 7 nitrogen and oxygen atoms in total. The average Bonchev–Trinajstić information content (AvgIpc) is 3.24. The van der Waals surface area contributed by atoms with Crippen molar-refractivity contribution in [3.63, 3.8) is 0 Å². The van der Waals surface area contributed by atoms with Crippen LogP contribution in [0.3, 0.4) is 0 Å². The Morgan fingerprint density at radius 2 is 1.67 bits per heavy atom. The molecule has 1 saturated heterocycles. The standard InChI is InChI=1S/C23H28N6O/c1-2-19-8-6-7-11-22(19)25-23(30)18-28-14-12-27(13-15-28)17-20-16-24-29(26-20)21-9-4-3-5-10-21/h3-11,16H,2,12-15,17-18H2,1H3,(H,25,30). The number of carbonyl (C=O) groups is 1. The number of benzene rings is 2. The molecule has 2 heterocycles. The third-order valence-electron chi connectivity index (χ3n) is 5.42. The van der Waals surface area contributed by atoms with Gasteiger partial charge in [-0.2, -0.15) is 15.0 Å². The minimum atomic E-state index is 0.0511. The van der Waals surface area contributed by atoms with Crippen LogP contribution in [0.15, 0.2) is 60.8 Å². The van der Waals surface area contributed by atoms with E-state index in [4.69, 9.17) is 0 Å². The Bertz CT molecular complexity index is 963. The van der Waals surface area contributed by atoms with Crippen LogP contribution in [0.25, 0.3) is 5.69 Å². The maximum absolute atomic E-state index is 12.5. The second kappa shape index (κ2) is 9.65. The van der Waals surface area contributed by atoms with Gasteiger partial charge in [-0.3, -0.25) is 14.6 Å². The highest BCUT2D eigenvalue weighted by atomic mass is 16.2. The summed E-state index contributed by atoms with van der Waals surface area (Å²) in [5, 5.41) is 12.0. The number of nitrogens with one attached hydrogen (secondary N) is 1. The molecule has 7 heteroatoms. The number of carbonyl (C=O) groups excluding carboxylic acids is 1. The molecule has 1 aliphatic heterocycles. The smallest absolute Gasteiger partial charge is 0.238 e. The van der Waals surface area contributed by atoms with Crippen LogP contribution in [-0.4, -0.2) is 63.4 Å². The summed E-state index contributed by atoms with van der Waals surface area (Å²) < 4.78 is 0. The monoisotopic (exact) mass is 404 g/mol. The molecule has 30 heavy (non-hydrogen) atoms. The van der Waals surface area contributed by atoms with Crippen LogP contribution >= 0.6 is 0 Å². The topological polar surface area (TPSA) is 66.3 Å². The Hall–Kier alpha value is -3.03. The van der Waals surface area contributed by atoms with Crippen LogP contribution in [0.2, 0.25) is 0 Å². The summed E-state index contributed by atoms with van der Waals surface area (Å²) in [5.41, 5.74) is 4.01. The summed E-state index contributed by atoms with van der Waals surface area (Å²) in [6.07, 6.45) is 2.74. The largest absolute Gasteiger partial charge is 0.325 e. The first-order valence-corrected chi connectivity index (χ1v) is 10.5. The molecule has 1 fully saturated rings. The Balaban J connectivity index is 1.24. The van der Waals surface area contributed by atoms with Crippen molar-refractivity contribution in [1.82, 2.24) is 24.8 Å². The predicted molar refractivity (Wildman–Crippen MR) is 118 cm³/mol. The van der Waals surface area contributed by atoms with Gasteiger partial charge in [-0.15, -0.1) is 0 Å². The lowest BCUT2D eigenvalue weighted by molar-refractivity contribution is -0.117. The van der Waals surface area contributed by atoms with Crippen LogP contribution in [0, 0.1) is 0 Å². The fourth-order valence-electron chi connectivity index (χ4n) is 3.73. The zero-order valence-electron chi connectivity index (χ0n) is 17.4. The fraction of sp³-hybridized carbons (Fsp3) is 0.348. The highest BCUT2D eigenvalue weighted by molar-refractivity contribution is 5.93. The highest BCUT2D eigenvalue weighted by Crippen LogP contribution is 2.15. The van der Waals surface area contributed by atoms with E-state index in [9.17, 15) is 4.79 Å². The van der Waals surface area contributed by atoms with Crippen molar-refractivity contribution in [3.8, 4) is 5.69 Å². The minimum absolute atomic E-state index is 0.0511. The van der Waals surface area contributed by atoms with Crippen molar-refractivity contribution in [3.05, 3.63) is 72.1 Å². The van der Waals surface area contributed by atoms with Crippen LogP contribution in [-0.2, 0) is 17.8 Å². The Morgan fingerprint density at radius 3 is 2.43 bits per heavy atom. The molecule has 1 amide bonds. The number of nitrogens with zero attached hydrogens (tertiary/aromatic N) is 5. The second-order valence-electron chi connectivity index (χ2n) is 7.57. The van der Waals surface area contributed by atoms with E-state index in [1.807, 2.05) is 54.7 Å².